The van der Waals surface area contributed by atoms with Gasteiger partial charge in [-0.15, -0.1) is 16.5 Å². The van der Waals surface area contributed by atoms with Gasteiger partial charge >= 0.3 is 59.1 Å². The van der Waals surface area contributed by atoms with Crippen LogP contribution in [0.4, 0.5) is 11.4 Å². The van der Waals surface area contributed by atoms with Crippen LogP contribution in [-0.2, 0) is 25.0 Å². The number of benzene rings is 3. The summed E-state index contributed by atoms with van der Waals surface area (Å²) in [6.07, 6.45) is 0. The summed E-state index contributed by atoms with van der Waals surface area (Å²) in [4.78, 5) is 16.5. The molecule has 18 heteroatoms. The van der Waals surface area contributed by atoms with Gasteiger partial charge < -0.3 is 24.3 Å². The maximum atomic E-state index is 12.9. The van der Waals surface area contributed by atoms with Gasteiger partial charge in [0.05, 0.1) is 38.5 Å². The molecule has 0 saturated heterocycles. The number of fused-ring (bicyclic) bond motifs is 1. The van der Waals surface area contributed by atoms with Crippen LogP contribution in [0.1, 0.15) is 18.1 Å². The van der Waals surface area contributed by atoms with Crippen LogP contribution in [0.25, 0.3) is 20.8 Å². The molecule has 4 rings (SSSR count). The number of allylic oxidation sites excluding steroid dienone is 1. The number of amides is 1. The van der Waals surface area contributed by atoms with Crippen LogP contribution in [-0.4, -0.2) is 49.0 Å². The molecule has 44 heavy (non-hydrogen) atoms. The Bertz CT molecular complexity index is 2010. The van der Waals surface area contributed by atoms with E-state index in [0.29, 0.717) is 27.3 Å². The summed E-state index contributed by atoms with van der Waals surface area (Å²) in [5.41, 5.74) is 1.26. The Labute approximate surface area is 301 Å². The second-order valence-electron chi connectivity index (χ2n) is 8.94. The fraction of sp³-hybridized carbons (Fsp3) is 0.154. The van der Waals surface area contributed by atoms with Gasteiger partial charge in [-0.05, 0) is 68.3 Å². The number of anilines is 1. The zero-order valence-corrected chi connectivity index (χ0v) is 30.8. The Morgan fingerprint density at radius 2 is 1.61 bits per heavy atom. The summed E-state index contributed by atoms with van der Waals surface area (Å²) in [5, 5.41) is 20.8. The average molecular weight is 677 g/mol. The van der Waals surface area contributed by atoms with Gasteiger partial charge in [0.2, 0.25) is 0 Å². The number of aliphatic hydroxyl groups is 1. The van der Waals surface area contributed by atoms with Crippen molar-refractivity contribution >= 4 is 59.1 Å². The molecule has 13 nitrogen and oxygen atoms in total. The largest absolute Gasteiger partial charge is 1.00 e. The molecule has 3 aromatic carbocycles. The molecule has 2 N–H and O–H groups in total. The maximum Gasteiger partial charge on any atom is 1.00 e. The normalized spacial score (nSPS) is 12.3. The van der Waals surface area contributed by atoms with Crippen LogP contribution in [0, 0.1) is 13.8 Å². The van der Waals surface area contributed by atoms with E-state index in [9.17, 15) is 35.8 Å². The topological polar surface area (TPSA) is 211 Å². The van der Waals surface area contributed by atoms with Crippen molar-refractivity contribution in [2.75, 3.05) is 12.4 Å². The first-order valence-electron chi connectivity index (χ1n) is 11.8. The van der Waals surface area contributed by atoms with Gasteiger partial charge in [0, 0.05) is 11.6 Å². The number of nitrogens with zero attached hydrogens (tertiary/aromatic N) is 3. The van der Waals surface area contributed by atoms with Crippen molar-refractivity contribution < 1.29 is 99.7 Å². The first-order valence-corrected chi connectivity index (χ1v) is 15.5. The molecule has 4 aromatic rings. The SMILES string of the molecule is COc1cc(S(=O)(=O)[O-])c(C)cc1NC(=O)/C(N=Nc1ccc(-c2nc3ccc(C)c(S(=O)(=O)[O-])c3s2)cc1)=C(/C)O.[Na+].[Na+]. The Kier molecular flexibility index (Phi) is 12.9. The van der Waals surface area contributed by atoms with Crippen molar-refractivity contribution in [1.29, 1.82) is 0 Å². The van der Waals surface area contributed by atoms with E-state index in [2.05, 4.69) is 20.5 Å². The van der Waals surface area contributed by atoms with E-state index in [4.69, 9.17) is 4.74 Å². The summed E-state index contributed by atoms with van der Waals surface area (Å²) in [6.45, 7) is 4.13. The fourth-order valence-corrected chi connectivity index (χ4v) is 6.94. The monoisotopic (exact) mass is 676 g/mol. The number of hydrogen-bond acceptors (Lipinski definition) is 13. The van der Waals surface area contributed by atoms with Gasteiger partial charge in [-0.2, -0.15) is 5.11 Å². The average Bonchev–Trinajstić information content (AvgIpc) is 3.31. The number of aromatic nitrogens is 1. The Morgan fingerprint density at radius 3 is 2.16 bits per heavy atom. The number of nitrogens with one attached hydrogen (secondary N) is 1. The van der Waals surface area contributed by atoms with E-state index < -0.39 is 42.5 Å². The Balaban J connectivity index is 0.00000337. The zero-order chi connectivity index (χ0) is 31.0. The van der Waals surface area contributed by atoms with E-state index in [1.54, 1.807) is 30.3 Å². The van der Waals surface area contributed by atoms with Gasteiger partial charge in [-0.3, -0.25) is 4.79 Å². The third kappa shape index (κ3) is 8.52. The molecule has 0 aliphatic rings. The van der Waals surface area contributed by atoms with E-state index in [1.807, 2.05) is 0 Å². The number of carbonyl (C=O) groups excluding carboxylic acids is 1. The molecule has 0 aliphatic heterocycles. The molecule has 0 saturated carbocycles. The minimum Gasteiger partial charge on any atom is -0.744 e. The van der Waals surface area contributed by atoms with Crippen LogP contribution in [0.15, 0.2) is 80.0 Å². The predicted molar refractivity (Wildman–Crippen MR) is 152 cm³/mol. The molecule has 0 radical (unpaired) electrons. The third-order valence-electron chi connectivity index (χ3n) is 5.91. The van der Waals surface area contributed by atoms with Crippen LogP contribution < -0.4 is 69.2 Å². The van der Waals surface area contributed by atoms with Crippen LogP contribution >= 0.6 is 11.3 Å². The van der Waals surface area contributed by atoms with Crippen molar-refractivity contribution in [3.63, 3.8) is 0 Å². The molecule has 1 aromatic heterocycles. The summed E-state index contributed by atoms with van der Waals surface area (Å²) >= 11 is 1.06. The summed E-state index contributed by atoms with van der Waals surface area (Å²) in [7, 11) is -8.27. The van der Waals surface area contributed by atoms with Crippen LogP contribution in [0.5, 0.6) is 5.75 Å². The van der Waals surface area contributed by atoms with Crippen molar-refractivity contribution in [2.45, 2.75) is 30.6 Å². The second-order valence-corrected chi connectivity index (χ2v) is 12.6. The maximum absolute atomic E-state index is 12.9. The summed E-state index contributed by atoms with van der Waals surface area (Å²) < 4.78 is 75.2. The van der Waals surface area contributed by atoms with Gasteiger partial charge in [-0.1, -0.05) is 6.07 Å². The number of ether oxygens (including phenoxy) is 1. The van der Waals surface area contributed by atoms with Gasteiger partial charge in [0.1, 0.15) is 36.8 Å². The minimum absolute atomic E-state index is 0. The van der Waals surface area contributed by atoms with E-state index in [1.165, 1.54) is 40.0 Å². The number of carbonyl (C=O) groups is 1. The zero-order valence-electron chi connectivity index (χ0n) is 24.4. The summed E-state index contributed by atoms with van der Waals surface area (Å²) in [6, 6.07) is 11.8. The van der Waals surface area contributed by atoms with Gasteiger partial charge in [0.15, 0.2) is 5.70 Å². The molecule has 0 unspecified atom stereocenters. The number of methoxy groups -OCH3 is 1. The molecule has 1 heterocycles. The molecule has 220 valence electrons. The van der Waals surface area contributed by atoms with Crippen LogP contribution in [0.2, 0.25) is 0 Å². The molecular weight excluding hydrogens is 654 g/mol. The molecule has 0 bridgehead atoms. The number of aryl methyl sites for hydroxylation is 2. The van der Waals surface area contributed by atoms with Crippen molar-refractivity contribution in [1.82, 2.24) is 4.98 Å². The quantitative estimate of drug-likeness (QED) is 0.0758. The fourth-order valence-electron chi connectivity index (χ4n) is 3.95. The van der Waals surface area contributed by atoms with E-state index >= 15 is 0 Å². The van der Waals surface area contributed by atoms with Crippen molar-refractivity contribution in [3.05, 3.63) is 71.1 Å². The standard InChI is InChI=1S/C26H24N4O9S3.2Na/c1-13-5-10-18-23(24(13)42(36,37)38)40-26(28-18)16-6-8-17(9-7-16)29-30-22(15(3)31)25(32)27-19-11-14(2)21(41(33,34)35)12-20(19)39-4;;/h5-12,31H,1-4H3,(H,27,32)(H,33,34,35)(H,36,37,38);;/q;2*+1/p-2/b22-15+,30-29?;;. The van der Waals surface area contributed by atoms with Gasteiger partial charge in [-0.25, -0.2) is 21.8 Å². The Hall–Kier alpha value is -2.22. The molecular formula is C26H22N4Na2O9S3. The number of rotatable bonds is 8. The first-order chi connectivity index (χ1) is 19.6. The molecule has 0 fully saturated rings. The molecule has 0 spiro atoms. The first kappa shape index (κ1) is 38.0. The summed E-state index contributed by atoms with van der Waals surface area (Å²) in [5.74, 6) is -1.45. The minimum atomic E-state index is -4.78. The predicted octanol–water partition coefficient (Wildman–Crippen LogP) is -1.08. The van der Waals surface area contributed by atoms with Gasteiger partial charge in [0.25, 0.3) is 5.91 Å². The second kappa shape index (κ2) is 14.9. The smallest absolute Gasteiger partial charge is 0.744 e. The van der Waals surface area contributed by atoms with Crippen molar-refractivity contribution in [3.8, 4) is 16.3 Å². The number of hydrogen-bond donors (Lipinski definition) is 2. The number of aliphatic hydroxyl groups excluding tert-OH is 1. The number of thiazole rings is 1. The molecule has 0 aliphatic carbocycles. The van der Waals surface area contributed by atoms with E-state index in [-0.39, 0.29) is 85.7 Å². The van der Waals surface area contributed by atoms with E-state index in [0.717, 1.165) is 17.4 Å². The third-order valence-corrected chi connectivity index (χ3v) is 9.18. The molecule has 1 amide bonds. The van der Waals surface area contributed by atoms with Crippen molar-refractivity contribution in [2.24, 2.45) is 10.2 Å². The van der Waals surface area contributed by atoms with Crippen LogP contribution in [0.3, 0.4) is 0 Å². The number of azo groups is 1. The molecule has 0 atom stereocenters. The Morgan fingerprint density at radius 1 is 0.977 bits per heavy atom.